The van der Waals surface area contributed by atoms with Crippen LogP contribution in [0.5, 0.6) is 5.75 Å². The van der Waals surface area contributed by atoms with E-state index < -0.39 is 0 Å². The van der Waals surface area contributed by atoms with Crippen molar-refractivity contribution in [1.82, 2.24) is 4.90 Å². The third kappa shape index (κ3) is 2.70. The van der Waals surface area contributed by atoms with Crippen LogP contribution in [-0.2, 0) is 17.9 Å². The second kappa shape index (κ2) is 5.81. The first kappa shape index (κ1) is 14.6. The maximum absolute atomic E-state index is 11.5. The number of rotatable bonds is 3. The molecule has 0 aromatic heterocycles. The summed E-state index contributed by atoms with van der Waals surface area (Å²) in [5.41, 5.74) is 10.9. The lowest BCUT2D eigenvalue weighted by Gasteiger charge is -2.14. The SMILES string of the molecule is COc1ccc(C(N)c2ccc3c(c2)CN(C(C)=O)C3)cc1. The number of hydrogen-bond donors (Lipinski definition) is 1. The lowest BCUT2D eigenvalue weighted by atomic mass is 9.96. The van der Waals surface area contributed by atoms with E-state index in [-0.39, 0.29) is 11.9 Å². The normalized spacial score (nSPS) is 14.6. The van der Waals surface area contributed by atoms with Crippen LogP contribution in [0.1, 0.15) is 35.2 Å². The molecular formula is C18H20N2O2. The van der Waals surface area contributed by atoms with Gasteiger partial charge in [-0.3, -0.25) is 4.79 Å². The highest BCUT2D eigenvalue weighted by Gasteiger charge is 2.22. The molecule has 2 aromatic carbocycles. The van der Waals surface area contributed by atoms with Gasteiger partial charge in [0.15, 0.2) is 0 Å². The fraction of sp³-hybridized carbons (Fsp3) is 0.278. The number of benzene rings is 2. The number of fused-ring (bicyclic) bond motifs is 1. The Morgan fingerprint density at radius 2 is 1.73 bits per heavy atom. The molecule has 4 heteroatoms. The molecule has 2 aromatic rings. The first-order valence-electron chi connectivity index (χ1n) is 7.35. The molecule has 114 valence electrons. The summed E-state index contributed by atoms with van der Waals surface area (Å²) in [4.78, 5) is 13.3. The third-order valence-electron chi connectivity index (χ3n) is 4.23. The van der Waals surface area contributed by atoms with E-state index in [1.54, 1.807) is 14.0 Å². The topological polar surface area (TPSA) is 55.6 Å². The molecule has 1 aliphatic rings. The average Bonchev–Trinajstić information content (AvgIpc) is 2.97. The number of carbonyl (C=O) groups is 1. The number of carbonyl (C=O) groups excluding carboxylic acids is 1. The zero-order valence-electron chi connectivity index (χ0n) is 12.9. The molecule has 2 N–H and O–H groups in total. The van der Waals surface area contributed by atoms with E-state index in [4.69, 9.17) is 10.5 Å². The summed E-state index contributed by atoms with van der Waals surface area (Å²) in [6.07, 6.45) is 0. The molecule has 1 amide bonds. The van der Waals surface area contributed by atoms with Crippen molar-refractivity contribution in [3.63, 3.8) is 0 Å². The maximum atomic E-state index is 11.5. The highest BCUT2D eigenvalue weighted by atomic mass is 16.5. The summed E-state index contributed by atoms with van der Waals surface area (Å²) in [6, 6.07) is 13.9. The van der Waals surface area contributed by atoms with Gasteiger partial charge in [0.1, 0.15) is 5.75 Å². The summed E-state index contributed by atoms with van der Waals surface area (Å²) in [6.45, 7) is 2.98. The molecule has 1 aliphatic heterocycles. The predicted octanol–water partition coefficient (Wildman–Crippen LogP) is 2.61. The van der Waals surface area contributed by atoms with Crippen molar-refractivity contribution in [2.24, 2.45) is 5.73 Å². The smallest absolute Gasteiger partial charge is 0.220 e. The van der Waals surface area contributed by atoms with Crippen LogP contribution in [0.3, 0.4) is 0 Å². The minimum absolute atomic E-state index is 0.109. The van der Waals surface area contributed by atoms with E-state index in [0.717, 1.165) is 16.9 Å². The third-order valence-corrected chi connectivity index (χ3v) is 4.23. The van der Waals surface area contributed by atoms with Gasteiger partial charge in [0.05, 0.1) is 13.2 Å². The van der Waals surface area contributed by atoms with Crippen LogP contribution >= 0.6 is 0 Å². The van der Waals surface area contributed by atoms with Crippen LogP contribution in [0.15, 0.2) is 42.5 Å². The van der Waals surface area contributed by atoms with Gasteiger partial charge in [0.2, 0.25) is 5.91 Å². The number of methoxy groups -OCH3 is 1. The Labute approximate surface area is 130 Å². The second-order valence-electron chi connectivity index (χ2n) is 5.65. The monoisotopic (exact) mass is 296 g/mol. The molecule has 0 saturated carbocycles. The maximum Gasteiger partial charge on any atom is 0.220 e. The Kier molecular flexibility index (Phi) is 3.86. The molecule has 22 heavy (non-hydrogen) atoms. The molecular weight excluding hydrogens is 276 g/mol. The van der Waals surface area contributed by atoms with E-state index in [0.29, 0.717) is 13.1 Å². The van der Waals surface area contributed by atoms with Crippen molar-refractivity contribution in [3.8, 4) is 5.75 Å². The summed E-state index contributed by atoms with van der Waals surface area (Å²) in [5.74, 6) is 0.930. The van der Waals surface area contributed by atoms with Crippen molar-refractivity contribution >= 4 is 5.91 Å². The standard InChI is InChI=1S/C18H20N2O2/c1-12(21)20-10-15-4-3-14(9-16(15)11-20)18(19)13-5-7-17(22-2)8-6-13/h3-9,18H,10-11,19H2,1-2H3. The highest BCUT2D eigenvalue weighted by Crippen LogP contribution is 2.28. The molecule has 1 heterocycles. The summed E-state index contributed by atoms with van der Waals surface area (Å²) >= 11 is 0. The molecule has 0 aliphatic carbocycles. The minimum Gasteiger partial charge on any atom is -0.497 e. The fourth-order valence-corrected chi connectivity index (χ4v) is 2.83. The first-order chi connectivity index (χ1) is 10.6. The van der Waals surface area contributed by atoms with Gasteiger partial charge in [-0.05, 0) is 34.4 Å². The summed E-state index contributed by atoms with van der Waals surface area (Å²) in [5, 5.41) is 0. The van der Waals surface area contributed by atoms with Crippen LogP contribution < -0.4 is 10.5 Å². The first-order valence-corrected chi connectivity index (χ1v) is 7.35. The number of nitrogens with zero attached hydrogens (tertiary/aromatic N) is 1. The fourth-order valence-electron chi connectivity index (χ4n) is 2.83. The number of ether oxygens (including phenoxy) is 1. The molecule has 0 bridgehead atoms. The van der Waals surface area contributed by atoms with Gasteiger partial charge in [-0.2, -0.15) is 0 Å². The molecule has 0 fully saturated rings. The number of nitrogens with two attached hydrogens (primary N) is 1. The van der Waals surface area contributed by atoms with Crippen LogP contribution in [0.25, 0.3) is 0 Å². The van der Waals surface area contributed by atoms with Gasteiger partial charge in [-0.1, -0.05) is 30.3 Å². The molecule has 4 nitrogen and oxygen atoms in total. The van der Waals surface area contributed by atoms with Gasteiger partial charge >= 0.3 is 0 Å². The quantitative estimate of drug-likeness (QED) is 0.947. The van der Waals surface area contributed by atoms with E-state index in [9.17, 15) is 4.79 Å². The van der Waals surface area contributed by atoms with Crippen LogP contribution in [0.4, 0.5) is 0 Å². The lowest BCUT2D eigenvalue weighted by Crippen LogP contribution is -2.21. The molecule has 3 rings (SSSR count). The van der Waals surface area contributed by atoms with Gasteiger partial charge in [0, 0.05) is 20.0 Å². The van der Waals surface area contributed by atoms with Gasteiger partial charge in [-0.15, -0.1) is 0 Å². The van der Waals surface area contributed by atoms with E-state index in [2.05, 4.69) is 18.2 Å². The van der Waals surface area contributed by atoms with Crippen LogP contribution in [0.2, 0.25) is 0 Å². The predicted molar refractivity (Wildman–Crippen MR) is 85.4 cm³/mol. The molecule has 0 spiro atoms. The van der Waals surface area contributed by atoms with Crippen LogP contribution in [-0.4, -0.2) is 17.9 Å². The molecule has 0 saturated heterocycles. The molecule has 1 unspecified atom stereocenters. The van der Waals surface area contributed by atoms with Gasteiger partial charge in [-0.25, -0.2) is 0 Å². The van der Waals surface area contributed by atoms with E-state index in [1.807, 2.05) is 29.2 Å². The Morgan fingerprint density at radius 3 is 2.36 bits per heavy atom. The number of amides is 1. The van der Waals surface area contributed by atoms with Gasteiger partial charge in [0.25, 0.3) is 0 Å². The summed E-state index contributed by atoms with van der Waals surface area (Å²) in [7, 11) is 1.65. The zero-order valence-corrected chi connectivity index (χ0v) is 12.9. The van der Waals surface area contributed by atoms with Crippen molar-refractivity contribution in [2.75, 3.05) is 7.11 Å². The van der Waals surface area contributed by atoms with Crippen molar-refractivity contribution in [3.05, 3.63) is 64.7 Å². The summed E-state index contributed by atoms with van der Waals surface area (Å²) < 4.78 is 5.17. The van der Waals surface area contributed by atoms with Crippen LogP contribution in [0, 0.1) is 0 Å². The lowest BCUT2D eigenvalue weighted by molar-refractivity contribution is -0.129. The zero-order chi connectivity index (χ0) is 15.7. The van der Waals surface area contributed by atoms with Crippen molar-refractivity contribution < 1.29 is 9.53 Å². The highest BCUT2D eigenvalue weighted by molar-refractivity contribution is 5.74. The Bertz CT molecular complexity index is 695. The Hall–Kier alpha value is -2.33. The Balaban J connectivity index is 1.84. The largest absolute Gasteiger partial charge is 0.497 e. The molecule has 0 radical (unpaired) electrons. The second-order valence-corrected chi connectivity index (χ2v) is 5.65. The minimum atomic E-state index is -0.178. The number of hydrogen-bond acceptors (Lipinski definition) is 3. The Morgan fingerprint density at radius 1 is 1.09 bits per heavy atom. The van der Waals surface area contributed by atoms with E-state index in [1.165, 1.54) is 11.1 Å². The molecule has 1 atom stereocenters. The van der Waals surface area contributed by atoms with E-state index >= 15 is 0 Å². The van der Waals surface area contributed by atoms with Crippen molar-refractivity contribution in [1.29, 1.82) is 0 Å². The van der Waals surface area contributed by atoms with Gasteiger partial charge < -0.3 is 15.4 Å². The van der Waals surface area contributed by atoms with Crippen molar-refractivity contribution in [2.45, 2.75) is 26.1 Å². The average molecular weight is 296 g/mol.